The van der Waals surface area contributed by atoms with Crippen LogP contribution in [0.15, 0.2) is 42.6 Å². The third kappa shape index (κ3) is 2.86. The maximum Gasteiger partial charge on any atom is 0.270 e. The molecule has 4 nitrogen and oxygen atoms in total. The van der Waals surface area contributed by atoms with E-state index >= 15 is 0 Å². The number of hydrogen-bond donors (Lipinski definition) is 0. The van der Waals surface area contributed by atoms with Crippen LogP contribution in [0.2, 0.25) is 0 Å². The summed E-state index contributed by atoms with van der Waals surface area (Å²) in [7, 11) is 1.94. The predicted molar refractivity (Wildman–Crippen MR) is 94.9 cm³/mol. The largest absolute Gasteiger partial charge is 0.347 e. The van der Waals surface area contributed by atoms with E-state index in [0.29, 0.717) is 6.04 Å². The highest BCUT2D eigenvalue weighted by Crippen LogP contribution is 2.25. The standard InChI is InChI=1S/C20H25N3O/c1-21-11-4-7-19(21)20(24)22-13-9-18(10-14-22)23-12-8-16-5-2-3-6-17(16)15-23/h2-7,11,18H,8-10,12-15H2,1H3. The molecule has 4 rings (SSSR count). The molecule has 126 valence electrons. The second-order valence-corrected chi connectivity index (χ2v) is 7.02. The molecule has 3 heterocycles. The van der Waals surface area contributed by atoms with Crippen LogP contribution in [0.1, 0.15) is 34.5 Å². The Morgan fingerprint density at radius 3 is 2.46 bits per heavy atom. The molecule has 0 radical (unpaired) electrons. The number of amides is 1. The molecular formula is C20H25N3O. The van der Waals surface area contributed by atoms with Gasteiger partial charge in [-0.3, -0.25) is 9.69 Å². The Balaban J connectivity index is 1.37. The highest BCUT2D eigenvalue weighted by Gasteiger charge is 2.29. The molecule has 0 N–H and O–H groups in total. The van der Waals surface area contributed by atoms with Gasteiger partial charge in [-0.15, -0.1) is 0 Å². The quantitative estimate of drug-likeness (QED) is 0.850. The molecule has 1 fully saturated rings. The number of hydrogen-bond acceptors (Lipinski definition) is 2. The minimum absolute atomic E-state index is 0.171. The van der Waals surface area contributed by atoms with Crippen LogP contribution < -0.4 is 0 Å². The maximum atomic E-state index is 12.6. The summed E-state index contributed by atoms with van der Waals surface area (Å²) in [6.07, 6.45) is 5.25. The molecule has 0 spiro atoms. The Morgan fingerprint density at radius 2 is 1.75 bits per heavy atom. The highest BCUT2D eigenvalue weighted by molar-refractivity contribution is 5.92. The number of fused-ring (bicyclic) bond motifs is 1. The fourth-order valence-corrected chi connectivity index (χ4v) is 4.11. The number of aromatic nitrogens is 1. The molecule has 0 aliphatic carbocycles. The lowest BCUT2D eigenvalue weighted by molar-refractivity contribution is 0.0591. The summed E-state index contributed by atoms with van der Waals surface area (Å²) in [5, 5.41) is 0. The monoisotopic (exact) mass is 323 g/mol. The number of carbonyl (C=O) groups is 1. The molecule has 1 aromatic carbocycles. The van der Waals surface area contributed by atoms with Crippen molar-refractivity contribution < 1.29 is 4.79 Å². The number of nitrogens with zero attached hydrogens (tertiary/aromatic N) is 3. The number of benzene rings is 1. The van der Waals surface area contributed by atoms with Crippen molar-refractivity contribution in [2.45, 2.75) is 31.8 Å². The molecule has 2 aromatic rings. The van der Waals surface area contributed by atoms with Crippen LogP contribution in [0.25, 0.3) is 0 Å². The van der Waals surface area contributed by atoms with Gasteiger partial charge in [-0.1, -0.05) is 24.3 Å². The highest BCUT2D eigenvalue weighted by atomic mass is 16.2. The van der Waals surface area contributed by atoms with Gasteiger partial charge in [0.2, 0.25) is 0 Å². The van der Waals surface area contributed by atoms with Gasteiger partial charge in [0.25, 0.3) is 5.91 Å². The van der Waals surface area contributed by atoms with Crippen LogP contribution in [0.3, 0.4) is 0 Å². The number of aryl methyl sites for hydroxylation is 1. The number of carbonyl (C=O) groups excluding carboxylic acids is 1. The van der Waals surface area contributed by atoms with Crippen molar-refractivity contribution >= 4 is 5.91 Å². The normalized spacial score (nSPS) is 19.3. The van der Waals surface area contributed by atoms with Gasteiger partial charge in [-0.25, -0.2) is 0 Å². The SMILES string of the molecule is Cn1cccc1C(=O)N1CCC(N2CCc3ccccc3C2)CC1. The van der Waals surface area contributed by atoms with Crippen molar-refractivity contribution in [3.05, 3.63) is 59.4 Å². The molecule has 2 aliphatic heterocycles. The van der Waals surface area contributed by atoms with E-state index in [1.54, 1.807) is 0 Å². The summed E-state index contributed by atoms with van der Waals surface area (Å²) in [5.74, 6) is 0.171. The molecule has 0 saturated carbocycles. The molecule has 2 aliphatic rings. The van der Waals surface area contributed by atoms with Crippen LogP contribution in [0.5, 0.6) is 0 Å². The summed E-state index contributed by atoms with van der Waals surface area (Å²) >= 11 is 0. The lowest BCUT2D eigenvalue weighted by Gasteiger charge is -2.40. The first-order valence-corrected chi connectivity index (χ1v) is 8.94. The van der Waals surface area contributed by atoms with Crippen LogP contribution in [-0.4, -0.2) is 46.0 Å². The van der Waals surface area contributed by atoms with Crippen molar-refractivity contribution in [1.29, 1.82) is 0 Å². The summed E-state index contributed by atoms with van der Waals surface area (Å²) < 4.78 is 1.91. The van der Waals surface area contributed by atoms with E-state index < -0.39 is 0 Å². The van der Waals surface area contributed by atoms with Gasteiger partial charge in [0, 0.05) is 45.5 Å². The Bertz CT molecular complexity index is 728. The zero-order valence-electron chi connectivity index (χ0n) is 14.3. The first-order chi connectivity index (χ1) is 11.7. The van der Waals surface area contributed by atoms with Gasteiger partial charge in [0.15, 0.2) is 0 Å². The van der Waals surface area contributed by atoms with Crippen molar-refractivity contribution in [1.82, 2.24) is 14.4 Å². The third-order valence-corrected chi connectivity index (χ3v) is 5.59. The summed E-state index contributed by atoms with van der Waals surface area (Å²) in [4.78, 5) is 17.3. The van der Waals surface area contributed by atoms with Gasteiger partial charge in [0.05, 0.1) is 0 Å². The summed E-state index contributed by atoms with van der Waals surface area (Å²) in [5.41, 5.74) is 3.77. The first kappa shape index (κ1) is 15.5. The predicted octanol–water partition coefficient (Wildman–Crippen LogP) is 2.69. The topological polar surface area (TPSA) is 28.5 Å². The Kier molecular flexibility index (Phi) is 4.15. The van der Waals surface area contributed by atoms with Gasteiger partial charge < -0.3 is 9.47 Å². The molecular weight excluding hydrogens is 298 g/mol. The Hall–Kier alpha value is -2.07. The number of rotatable bonds is 2. The Morgan fingerprint density at radius 1 is 1.00 bits per heavy atom. The second kappa shape index (κ2) is 6.44. The van der Waals surface area contributed by atoms with Crippen molar-refractivity contribution in [2.75, 3.05) is 19.6 Å². The van der Waals surface area contributed by atoms with E-state index in [2.05, 4.69) is 29.2 Å². The van der Waals surface area contributed by atoms with Crippen LogP contribution in [-0.2, 0) is 20.0 Å². The van der Waals surface area contributed by atoms with E-state index in [0.717, 1.165) is 51.1 Å². The Labute approximate surface area is 143 Å². The maximum absolute atomic E-state index is 12.6. The molecule has 0 atom stereocenters. The zero-order chi connectivity index (χ0) is 16.5. The molecule has 4 heteroatoms. The molecule has 1 amide bonds. The van der Waals surface area contributed by atoms with Gasteiger partial charge >= 0.3 is 0 Å². The van der Waals surface area contributed by atoms with Crippen LogP contribution >= 0.6 is 0 Å². The number of piperidine rings is 1. The average Bonchev–Trinajstić information content (AvgIpc) is 3.07. The fraction of sp³-hybridized carbons (Fsp3) is 0.450. The molecule has 0 unspecified atom stereocenters. The van der Waals surface area contributed by atoms with E-state index in [4.69, 9.17) is 0 Å². The van der Waals surface area contributed by atoms with E-state index in [1.807, 2.05) is 34.8 Å². The first-order valence-electron chi connectivity index (χ1n) is 8.94. The van der Waals surface area contributed by atoms with Crippen molar-refractivity contribution in [2.24, 2.45) is 7.05 Å². The van der Waals surface area contributed by atoms with Crippen LogP contribution in [0.4, 0.5) is 0 Å². The summed E-state index contributed by atoms with van der Waals surface area (Å²) in [6, 6.07) is 13.3. The lowest BCUT2D eigenvalue weighted by Crippen LogP contribution is -2.48. The fourth-order valence-electron chi connectivity index (χ4n) is 4.11. The zero-order valence-corrected chi connectivity index (χ0v) is 14.3. The minimum Gasteiger partial charge on any atom is -0.347 e. The second-order valence-electron chi connectivity index (χ2n) is 7.02. The van der Waals surface area contributed by atoms with Crippen molar-refractivity contribution in [3.63, 3.8) is 0 Å². The minimum atomic E-state index is 0.171. The molecule has 24 heavy (non-hydrogen) atoms. The van der Waals surface area contributed by atoms with Gasteiger partial charge in [-0.05, 0) is 42.5 Å². The van der Waals surface area contributed by atoms with E-state index in [-0.39, 0.29) is 5.91 Å². The third-order valence-electron chi connectivity index (χ3n) is 5.59. The molecule has 1 aromatic heterocycles. The van der Waals surface area contributed by atoms with Crippen LogP contribution in [0, 0.1) is 0 Å². The summed E-state index contributed by atoms with van der Waals surface area (Å²) in [6.45, 7) is 3.94. The van der Waals surface area contributed by atoms with Gasteiger partial charge in [-0.2, -0.15) is 0 Å². The smallest absolute Gasteiger partial charge is 0.270 e. The molecule has 1 saturated heterocycles. The van der Waals surface area contributed by atoms with Crippen molar-refractivity contribution in [3.8, 4) is 0 Å². The van der Waals surface area contributed by atoms with E-state index in [1.165, 1.54) is 11.1 Å². The lowest BCUT2D eigenvalue weighted by atomic mass is 9.95. The van der Waals surface area contributed by atoms with E-state index in [9.17, 15) is 4.79 Å². The number of likely N-dealkylation sites (tertiary alicyclic amines) is 1. The average molecular weight is 323 g/mol. The molecule has 0 bridgehead atoms. The van der Waals surface area contributed by atoms with Gasteiger partial charge in [0.1, 0.15) is 5.69 Å².